The van der Waals surface area contributed by atoms with Gasteiger partial charge in [-0.2, -0.15) is 0 Å². The number of likely N-dealkylation sites (tertiary alicyclic amines) is 1. The first-order valence-electron chi connectivity index (χ1n) is 10.2. The summed E-state index contributed by atoms with van der Waals surface area (Å²) in [4.78, 5) is 25.7. The monoisotopic (exact) mass is 429 g/mol. The molecular formula is C23H28ClN3O3. The largest absolute Gasteiger partial charge is 0.448 e. The molecule has 6 nitrogen and oxygen atoms in total. The Balaban J connectivity index is 0.00000256. The van der Waals surface area contributed by atoms with Gasteiger partial charge in [-0.05, 0) is 41.0 Å². The van der Waals surface area contributed by atoms with Gasteiger partial charge in [0.1, 0.15) is 6.61 Å². The smallest absolute Gasteiger partial charge is 0.409 e. The maximum absolute atomic E-state index is 12.6. The fourth-order valence-corrected chi connectivity index (χ4v) is 4.34. The van der Waals surface area contributed by atoms with E-state index < -0.39 is 0 Å². The van der Waals surface area contributed by atoms with Gasteiger partial charge in [0.15, 0.2) is 0 Å². The quantitative estimate of drug-likeness (QED) is 0.764. The second-order valence-corrected chi connectivity index (χ2v) is 7.74. The second-order valence-electron chi connectivity index (χ2n) is 7.74. The van der Waals surface area contributed by atoms with Crippen LogP contribution >= 0.6 is 12.4 Å². The summed E-state index contributed by atoms with van der Waals surface area (Å²) in [6, 6.07) is 16.7. The van der Waals surface area contributed by atoms with E-state index in [4.69, 9.17) is 10.5 Å². The third-order valence-corrected chi connectivity index (χ3v) is 5.98. The number of amides is 2. The van der Waals surface area contributed by atoms with Crippen molar-refractivity contribution in [2.24, 2.45) is 11.7 Å². The number of hydrogen-bond donors (Lipinski definition) is 2. The molecule has 2 aromatic carbocycles. The van der Waals surface area contributed by atoms with Gasteiger partial charge in [-0.15, -0.1) is 12.4 Å². The van der Waals surface area contributed by atoms with E-state index in [2.05, 4.69) is 29.6 Å². The van der Waals surface area contributed by atoms with Gasteiger partial charge in [-0.3, -0.25) is 4.79 Å². The number of halogens is 1. The number of nitrogens with zero attached hydrogens (tertiary/aromatic N) is 1. The number of rotatable bonds is 5. The van der Waals surface area contributed by atoms with Crippen LogP contribution in [0, 0.1) is 5.92 Å². The summed E-state index contributed by atoms with van der Waals surface area (Å²) in [5, 5.41) is 2.83. The molecule has 1 saturated heterocycles. The molecular weight excluding hydrogens is 402 g/mol. The lowest BCUT2D eigenvalue weighted by molar-refractivity contribution is -0.120. The molecule has 4 rings (SSSR count). The molecule has 2 aliphatic rings. The summed E-state index contributed by atoms with van der Waals surface area (Å²) in [6.45, 7) is 2.28. The van der Waals surface area contributed by atoms with Crippen molar-refractivity contribution >= 4 is 24.4 Å². The molecule has 2 amide bonds. The highest BCUT2D eigenvalue weighted by atomic mass is 35.5. The zero-order valence-electron chi connectivity index (χ0n) is 16.9. The number of nitrogens with two attached hydrogens (primary N) is 1. The van der Waals surface area contributed by atoms with Crippen LogP contribution in [-0.4, -0.2) is 49.7 Å². The third kappa shape index (κ3) is 4.60. The highest BCUT2D eigenvalue weighted by Gasteiger charge is 2.30. The standard InChI is InChI=1S/C23H27N3O3.ClH/c24-13-22(27)25-14-16-9-11-26(12-10-16)23(28)29-15-21-19-7-3-1-5-17(19)18-6-2-4-8-20(18)21;/h1-8,16,21H,9-15,24H2,(H,25,27);1H. The van der Waals surface area contributed by atoms with E-state index in [1.54, 1.807) is 4.90 Å². The maximum Gasteiger partial charge on any atom is 0.409 e. The molecule has 0 aromatic heterocycles. The molecule has 0 spiro atoms. The predicted octanol–water partition coefficient (Wildman–Crippen LogP) is 3.14. The van der Waals surface area contributed by atoms with Crippen LogP contribution in [0.3, 0.4) is 0 Å². The van der Waals surface area contributed by atoms with Gasteiger partial charge in [0.05, 0.1) is 6.54 Å². The van der Waals surface area contributed by atoms with Crippen molar-refractivity contribution in [3.8, 4) is 11.1 Å². The summed E-state index contributed by atoms with van der Waals surface area (Å²) < 4.78 is 5.73. The number of piperidine rings is 1. The fraction of sp³-hybridized carbons (Fsp3) is 0.391. The van der Waals surface area contributed by atoms with Crippen molar-refractivity contribution < 1.29 is 14.3 Å². The van der Waals surface area contributed by atoms with Gasteiger partial charge >= 0.3 is 6.09 Å². The number of carbonyl (C=O) groups excluding carboxylic acids is 2. The number of fused-ring (bicyclic) bond motifs is 3. The Morgan fingerprint density at radius 2 is 1.57 bits per heavy atom. The lowest BCUT2D eigenvalue weighted by Gasteiger charge is -2.31. The molecule has 0 atom stereocenters. The zero-order chi connectivity index (χ0) is 20.2. The molecule has 0 radical (unpaired) electrons. The topological polar surface area (TPSA) is 84.7 Å². The molecule has 1 aliphatic heterocycles. The minimum atomic E-state index is -0.253. The van der Waals surface area contributed by atoms with Gasteiger partial charge in [0, 0.05) is 25.6 Å². The van der Waals surface area contributed by atoms with Gasteiger partial charge in [0.25, 0.3) is 0 Å². The molecule has 160 valence electrons. The number of hydrogen-bond acceptors (Lipinski definition) is 4. The average molecular weight is 430 g/mol. The van der Waals surface area contributed by atoms with Crippen LogP contribution in [0.5, 0.6) is 0 Å². The summed E-state index contributed by atoms with van der Waals surface area (Å²) in [6.07, 6.45) is 1.46. The lowest BCUT2D eigenvalue weighted by Crippen LogP contribution is -2.42. The Hall–Kier alpha value is -2.57. The predicted molar refractivity (Wildman–Crippen MR) is 119 cm³/mol. The van der Waals surface area contributed by atoms with Gasteiger partial charge < -0.3 is 20.7 Å². The van der Waals surface area contributed by atoms with Crippen LogP contribution in [0.4, 0.5) is 4.79 Å². The van der Waals surface area contributed by atoms with Crippen molar-refractivity contribution in [3.05, 3.63) is 59.7 Å². The molecule has 3 N–H and O–H groups in total. The summed E-state index contributed by atoms with van der Waals surface area (Å²) >= 11 is 0. The molecule has 0 bridgehead atoms. The van der Waals surface area contributed by atoms with E-state index in [1.165, 1.54) is 22.3 Å². The fourth-order valence-electron chi connectivity index (χ4n) is 4.34. The van der Waals surface area contributed by atoms with E-state index in [-0.39, 0.29) is 36.9 Å². The first-order valence-corrected chi connectivity index (χ1v) is 10.2. The molecule has 1 fully saturated rings. The minimum Gasteiger partial charge on any atom is -0.448 e. The number of carbonyl (C=O) groups is 2. The van der Waals surface area contributed by atoms with Crippen molar-refractivity contribution in [1.82, 2.24) is 10.2 Å². The Morgan fingerprint density at radius 1 is 1.00 bits per heavy atom. The van der Waals surface area contributed by atoms with E-state index in [1.807, 2.05) is 24.3 Å². The Morgan fingerprint density at radius 3 is 2.13 bits per heavy atom. The normalized spacial score (nSPS) is 15.7. The molecule has 1 heterocycles. The van der Waals surface area contributed by atoms with Crippen molar-refractivity contribution in [3.63, 3.8) is 0 Å². The second kappa shape index (κ2) is 9.96. The highest BCUT2D eigenvalue weighted by Crippen LogP contribution is 2.44. The summed E-state index contributed by atoms with van der Waals surface area (Å²) in [5.41, 5.74) is 10.2. The maximum atomic E-state index is 12.6. The molecule has 0 saturated carbocycles. The van der Waals surface area contributed by atoms with Crippen LogP contribution in [0.25, 0.3) is 11.1 Å². The van der Waals surface area contributed by atoms with E-state index in [0.29, 0.717) is 32.2 Å². The number of benzene rings is 2. The van der Waals surface area contributed by atoms with E-state index in [0.717, 1.165) is 12.8 Å². The minimum absolute atomic E-state index is 0. The van der Waals surface area contributed by atoms with E-state index >= 15 is 0 Å². The van der Waals surface area contributed by atoms with Gasteiger partial charge in [-0.25, -0.2) is 4.79 Å². The average Bonchev–Trinajstić information content (AvgIpc) is 3.10. The van der Waals surface area contributed by atoms with E-state index in [9.17, 15) is 9.59 Å². The first-order chi connectivity index (χ1) is 14.2. The Bertz CT molecular complexity index is 851. The highest BCUT2D eigenvalue weighted by molar-refractivity contribution is 5.85. The van der Waals surface area contributed by atoms with Crippen LogP contribution in [0.15, 0.2) is 48.5 Å². The van der Waals surface area contributed by atoms with Crippen LogP contribution < -0.4 is 11.1 Å². The zero-order valence-corrected chi connectivity index (χ0v) is 17.7. The van der Waals surface area contributed by atoms with Crippen molar-refractivity contribution in [1.29, 1.82) is 0 Å². The molecule has 2 aromatic rings. The summed E-state index contributed by atoms with van der Waals surface area (Å²) in [5.74, 6) is 0.322. The molecule has 30 heavy (non-hydrogen) atoms. The Labute approximate surface area is 183 Å². The van der Waals surface area contributed by atoms with Crippen LogP contribution in [-0.2, 0) is 9.53 Å². The third-order valence-electron chi connectivity index (χ3n) is 5.98. The van der Waals surface area contributed by atoms with Crippen molar-refractivity contribution in [2.45, 2.75) is 18.8 Å². The van der Waals surface area contributed by atoms with Crippen LogP contribution in [0.1, 0.15) is 29.9 Å². The van der Waals surface area contributed by atoms with Gasteiger partial charge in [0.2, 0.25) is 5.91 Å². The first kappa shape index (κ1) is 22.1. The SMILES string of the molecule is Cl.NCC(=O)NCC1CCN(C(=O)OCC2c3ccccc3-c3ccccc32)CC1. The molecule has 0 unspecified atom stereocenters. The summed E-state index contributed by atoms with van der Waals surface area (Å²) in [7, 11) is 0. The molecule has 1 aliphatic carbocycles. The number of ether oxygens (including phenoxy) is 1. The van der Waals surface area contributed by atoms with Crippen LogP contribution in [0.2, 0.25) is 0 Å². The number of nitrogens with one attached hydrogen (secondary N) is 1. The molecule has 7 heteroatoms. The van der Waals surface area contributed by atoms with Gasteiger partial charge in [-0.1, -0.05) is 48.5 Å². The Kier molecular flexibility index (Phi) is 7.34. The lowest BCUT2D eigenvalue weighted by atomic mass is 9.97. The van der Waals surface area contributed by atoms with Crippen molar-refractivity contribution in [2.75, 3.05) is 32.8 Å².